The molecule has 0 fully saturated rings. The van der Waals surface area contributed by atoms with Crippen LogP contribution in [0.15, 0.2) is 24.3 Å². The first-order valence-corrected chi connectivity index (χ1v) is 22.8. The average Bonchev–Trinajstić information content (AvgIpc) is 3.13. The SMILES string of the molecule is CCCCC/C=C\CCCCCCC/C=C\CCCC(=O)O[C@H](COC(=O)CCCCCCCCCCCCCCCC)COP(=O)(O)OCCN. The molecule has 0 aromatic carbocycles. The van der Waals surface area contributed by atoms with E-state index >= 15 is 0 Å². The van der Waals surface area contributed by atoms with Gasteiger partial charge in [0.1, 0.15) is 6.61 Å². The first-order chi connectivity index (χ1) is 25.3. The Morgan fingerprint density at radius 3 is 1.46 bits per heavy atom. The van der Waals surface area contributed by atoms with E-state index in [0.717, 1.165) is 32.1 Å². The van der Waals surface area contributed by atoms with Crippen LogP contribution in [-0.2, 0) is 32.7 Å². The van der Waals surface area contributed by atoms with Crippen molar-refractivity contribution in [1.82, 2.24) is 0 Å². The lowest BCUT2D eigenvalue weighted by atomic mass is 10.0. The van der Waals surface area contributed by atoms with Crippen LogP contribution in [0.25, 0.3) is 0 Å². The highest BCUT2D eigenvalue weighted by Crippen LogP contribution is 2.43. The molecule has 10 heteroatoms. The third-order valence-corrected chi connectivity index (χ3v) is 10.0. The van der Waals surface area contributed by atoms with Crippen LogP contribution >= 0.6 is 7.82 Å². The smallest absolute Gasteiger partial charge is 0.462 e. The number of hydrogen-bond acceptors (Lipinski definition) is 8. The van der Waals surface area contributed by atoms with Crippen LogP contribution in [0, 0.1) is 0 Å². The van der Waals surface area contributed by atoms with Crippen molar-refractivity contribution in [2.75, 3.05) is 26.4 Å². The van der Waals surface area contributed by atoms with E-state index in [2.05, 4.69) is 38.2 Å². The molecule has 0 radical (unpaired) electrons. The molecule has 0 saturated heterocycles. The Balaban J connectivity index is 4.18. The van der Waals surface area contributed by atoms with Crippen LogP contribution in [0.1, 0.15) is 200 Å². The molecule has 0 heterocycles. The fourth-order valence-electron chi connectivity index (χ4n) is 5.87. The summed E-state index contributed by atoms with van der Waals surface area (Å²) >= 11 is 0. The molecule has 306 valence electrons. The normalized spacial score (nSPS) is 13.5. The summed E-state index contributed by atoms with van der Waals surface area (Å²) in [6.45, 7) is 3.69. The number of phosphoric acid groups is 1. The molecule has 0 saturated carbocycles. The Labute approximate surface area is 319 Å². The minimum atomic E-state index is -4.38. The maximum atomic E-state index is 12.5. The summed E-state index contributed by atoms with van der Waals surface area (Å²) in [5, 5.41) is 0. The zero-order valence-electron chi connectivity index (χ0n) is 33.6. The average molecular weight is 758 g/mol. The highest BCUT2D eigenvalue weighted by atomic mass is 31.2. The molecule has 0 amide bonds. The third-order valence-electron chi connectivity index (χ3n) is 9.06. The fourth-order valence-corrected chi connectivity index (χ4v) is 6.63. The van der Waals surface area contributed by atoms with Gasteiger partial charge in [-0.3, -0.25) is 18.6 Å². The summed E-state index contributed by atoms with van der Waals surface area (Å²) in [5.74, 6) is -0.863. The summed E-state index contributed by atoms with van der Waals surface area (Å²) in [6.07, 6.45) is 40.7. The predicted molar refractivity (Wildman–Crippen MR) is 215 cm³/mol. The number of nitrogens with two attached hydrogens (primary N) is 1. The van der Waals surface area contributed by atoms with Gasteiger partial charge in [0.05, 0.1) is 13.2 Å². The van der Waals surface area contributed by atoms with Crippen molar-refractivity contribution in [2.24, 2.45) is 5.73 Å². The van der Waals surface area contributed by atoms with Crippen molar-refractivity contribution < 1.29 is 37.6 Å². The number of carbonyl (C=O) groups excluding carboxylic acids is 2. The van der Waals surface area contributed by atoms with Crippen molar-refractivity contribution in [3.63, 3.8) is 0 Å². The topological polar surface area (TPSA) is 134 Å². The summed E-state index contributed by atoms with van der Waals surface area (Å²) < 4.78 is 32.7. The maximum absolute atomic E-state index is 12.5. The van der Waals surface area contributed by atoms with Gasteiger partial charge in [-0.1, -0.05) is 154 Å². The Bertz CT molecular complexity index is 912. The molecular weight excluding hydrogens is 677 g/mol. The lowest BCUT2D eigenvalue weighted by molar-refractivity contribution is -0.161. The van der Waals surface area contributed by atoms with Crippen molar-refractivity contribution in [1.29, 1.82) is 0 Å². The number of unbranched alkanes of at least 4 members (excludes halogenated alkanes) is 23. The van der Waals surface area contributed by atoms with E-state index in [0.29, 0.717) is 6.42 Å². The quantitative estimate of drug-likeness (QED) is 0.0271. The summed E-state index contributed by atoms with van der Waals surface area (Å²) in [7, 11) is -4.38. The molecule has 0 rings (SSSR count). The van der Waals surface area contributed by atoms with Gasteiger partial charge in [-0.2, -0.15) is 0 Å². The second-order valence-electron chi connectivity index (χ2n) is 14.2. The van der Waals surface area contributed by atoms with Crippen LogP contribution in [0.4, 0.5) is 0 Å². The zero-order valence-corrected chi connectivity index (χ0v) is 34.4. The molecular formula is C42H80NO8P. The first kappa shape index (κ1) is 50.5. The Kier molecular flexibility index (Phi) is 38.1. The maximum Gasteiger partial charge on any atom is 0.472 e. The van der Waals surface area contributed by atoms with Gasteiger partial charge in [0.25, 0.3) is 0 Å². The highest BCUT2D eigenvalue weighted by Gasteiger charge is 2.25. The van der Waals surface area contributed by atoms with Gasteiger partial charge in [0.15, 0.2) is 6.10 Å². The minimum Gasteiger partial charge on any atom is -0.462 e. The lowest BCUT2D eigenvalue weighted by Gasteiger charge is -2.19. The van der Waals surface area contributed by atoms with E-state index in [9.17, 15) is 19.0 Å². The van der Waals surface area contributed by atoms with Crippen molar-refractivity contribution in [2.45, 2.75) is 206 Å². The van der Waals surface area contributed by atoms with E-state index in [1.54, 1.807) is 0 Å². The second kappa shape index (κ2) is 39.2. The molecule has 0 aromatic rings. The number of hydrogen-bond donors (Lipinski definition) is 2. The molecule has 9 nitrogen and oxygen atoms in total. The van der Waals surface area contributed by atoms with Gasteiger partial charge in [-0.25, -0.2) is 4.57 Å². The molecule has 0 bridgehead atoms. The van der Waals surface area contributed by atoms with Crippen LogP contribution < -0.4 is 5.73 Å². The first-order valence-electron chi connectivity index (χ1n) is 21.3. The highest BCUT2D eigenvalue weighted by molar-refractivity contribution is 7.47. The van der Waals surface area contributed by atoms with Crippen LogP contribution in [0.2, 0.25) is 0 Å². The molecule has 0 aromatic heterocycles. The van der Waals surface area contributed by atoms with Gasteiger partial charge in [0, 0.05) is 19.4 Å². The van der Waals surface area contributed by atoms with E-state index in [-0.39, 0.29) is 38.6 Å². The number of rotatable bonds is 40. The third kappa shape index (κ3) is 38.2. The Morgan fingerprint density at radius 2 is 0.962 bits per heavy atom. The minimum absolute atomic E-state index is 0.0506. The summed E-state index contributed by atoms with van der Waals surface area (Å²) in [6, 6.07) is 0. The zero-order chi connectivity index (χ0) is 38.2. The largest absolute Gasteiger partial charge is 0.472 e. The summed E-state index contributed by atoms with van der Waals surface area (Å²) in [5.41, 5.74) is 5.34. The number of allylic oxidation sites excluding steroid dienone is 4. The molecule has 52 heavy (non-hydrogen) atoms. The van der Waals surface area contributed by atoms with Gasteiger partial charge < -0.3 is 20.1 Å². The number of phosphoric ester groups is 1. The molecule has 3 N–H and O–H groups in total. The molecule has 2 atom stereocenters. The van der Waals surface area contributed by atoms with Crippen molar-refractivity contribution in [3.05, 3.63) is 24.3 Å². The number of carbonyl (C=O) groups is 2. The molecule has 0 aliphatic heterocycles. The molecule has 0 spiro atoms. The summed E-state index contributed by atoms with van der Waals surface area (Å²) in [4.78, 5) is 34.8. The van der Waals surface area contributed by atoms with Gasteiger partial charge in [0.2, 0.25) is 0 Å². The Morgan fingerprint density at radius 1 is 0.558 bits per heavy atom. The lowest BCUT2D eigenvalue weighted by Crippen LogP contribution is -2.29. The molecule has 0 aliphatic carbocycles. The van der Waals surface area contributed by atoms with Gasteiger partial charge >= 0.3 is 19.8 Å². The number of ether oxygens (including phenoxy) is 2. The van der Waals surface area contributed by atoms with Crippen LogP contribution in [-0.4, -0.2) is 49.3 Å². The molecule has 1 unspecified atom stereocenters. The monoisotopic (exact) mass is 758 g/mol. The predicted octanol–water partition coefficient (Wildman–Crippen LogP) is 12.0. The van der Waals surface area contributed by atoms with Crippen LogP contribution in [0.3, 0.4) is 0 Å². The van der Waals surface area contributed by atoms with Crippen molar-refractivity contribution >= 4 is 19.8 Å². The van der Waals surface area contributed by atoms with Crippen molar-refractivity contribution in [3.8, 4) is 0 Å². The number of esters is 2. The van der Waals surface area contributed by atoms with E-state index in [4.69, 9.17) is 24.3 Å². The second-order valence-corrected chi connectivity index (χ2v) is 15.7. The van der Waals surface area contributed by atoms with E-state index in [1.165, 1.54) is 135 Å². The van der Waals surface area contributed by atoms with E-state index < -0.39 is 26.5 Å². The Hall–Kier alpha value is -1.51. The van der Waals surface area contributed by atoms with E-state index in [1.807, 2.05) is 0 Å². The van der Waals surface area contributed by atoms with Gasteiger partial charge in [-0.15, -0.1) is 0 Å². The van der Waals surface area contributed by atoms with Crippen LogP contribution in [0.5, 0.6) is 0 Å². The molecule has 0 aliphatic rings. The fraction of sp³-hybridized carbons (Fsp3) is 0.857. The van der Waals surface area contributed by atoms with Gasteiger partial charge in [-0.05, 0) is 57.8 Å². The standard InChI is InChI=1S/C42H80NO8P/c1-3-5-7-9-11-13-15-17-19-20-21-23-25-27-29-31-33-35-42(45)51-40(39-50-52(46,47)49-37-36-43)38-48-41(44)34-32-30-28-26-24-22-18-16-14-12-10-8-6-4-2/h11,13,27,29,40H,3-10,12,14-26,28,30-39,43H2,1-2H3,(H,46,47)/b13-11-,29-27-/t40-/m1/s1.